The number of ether oxygens (including phenoxy) is 2. The van der Waals surface area contributed by atoms with Crippen molar-refractivity contribution >= 4 is 0 Å². The van der Waals surface area contributed by atoms with E-state index in [2.05, 4.69) is 14.5 Å². The standard InChI is InChI=1S/C8H7F4NO2/c1-14-5-2-6(9)7(13-3-5)15-4-8(10,11)12/h2-3H,4H2,1H3. The second-order valence-electron chi connectivity index (χ2n) is 2.57. The van der Waals surface area contributed by atoms with Gasteiger partial charge < -0.3 is 9.47 Å². The molecular formula is C8H7F4NO2. The van der Waals surface area contributed by atoms with Crippen molar-refractivity contribution in [1.29, 1.82) is 0 Å². The lowest BCUT2D eigenvalue weighted by atomic mass is 10.4. The van der Waals surface area contributed by atoms with Gasteiger partial charge in [0.15, 0.2) is 12.4 Å². The molecule has 0 N–H and O–H groups in total. The molecule has 0 aromatic carbocycles. The van der Waals surface area contributed by atoms with Gasteiger partial charge in [-0.25, -0.2) is 9.37 Å². The molecule has 84 valence electrons. The summed E-state index contributed by atoms with van der Waals surface area (Å²) in [5.41, 5.74) is 0. The minimum atomic E-state index is -4.52. The van der Waals surface area contributed by atoms with Crippen LogP contribution in [0, 0.1) is 5.82 Å². The Hall–Kier alpha value is -1.53. The molecule has 0 aliphatic heterocycles. The predicted molar refractivity (Wildman–Crippen MR) is 42.3 cm³/mol. The van der Waals surface area contributed by atoms with E-state index < -0.39 is 24.5 Å². The van der Waals surface area contributed by atoms with E-state index in [9.17, 15) is 17.6 Å². The Morgan fingerprint density at radius 2 is 2.07 bits per heavy atom. The smallest absolute Gasteiger partial charge is 0.422 e. The number of pyridine rings is 1. The third kappa shape index (κ3) is 3.61. The molecule has 3 nitrogen and oxygen atoms in total. The lowest BCUT2D eigenvalue weighted by Gasteiger charge is -2.09. The number of rotatable bonds is 3. The molecule has 1 aromatic rings. The molecule has 0 amide bonds. The fourth-order valence-electron chi connectivity index (χ4n) is 0.776. The molecule has 7 heteroatoms. The molecule has 0 bridgehead atoms. The van der Waals surface area contributed by atoms with Gasteiger partial charge in [0.25, 0.3) is 5.88 Å². The first-order valence-electron chi connectivity index (χ1n) is 3.81. The number of aromatic nitrogens is 1. The van der Waals surface area contributed by atoms with Gasteiger partial charge >= 0.3 is 6.18 Å². The van der Waals surface area contributed by atoms with Gasteiger partial charge in [0.1, 0.15) is 5.75 Å². The van der Waals surface area contributed by atoms with E-state index in [0.29, 0.717) is 0 Å². The first-order chi connectivity index (χ1) is 6.92. The van der Waals surface area contributed by atoms with Gasteiger partial charge in [0.05, 0.1) is 13.3 Å². The van der Waals surface area contributed by atoms with Crippen molar-refractivity contribution in [3.8, 4) is 11.6 Å². The van der Waals surface area contributed by atoms with Crippen molar-refractivity contribution in [2.24, 2.45) is 0 Å². The van der Waals surface area contributed by atoms with Gasteiger partial charge in [-0.2, -0.15) is 13.2 Å². The fourth-order valence-corrected chi connectivity index (χ4v) is 0.776. The number of methoxy groups -OCH3 is 1. The van der Waals surface area contributed by atoms with E-state index in [-0.39, 0.29) is 5.75 Å². The van der Waals surface area contributed by atoms with Crippen molar-refractivity contribution in [3.05, 3.63) is 18.1 Å². The predicted octanol–water partition coefficient (Wildman–Crippen LogP) is 2.17. The Bertz CT molecular complexity index is 340. The van der Waals surface area contributed by atoms with E-state index in [0.717, 1.165) is 12.3 Å². The van der Waals surface area contributed by atoms with E-state index in [1.807, 2.05) is 0 Å². The number of nitrogens with zero attached hydrogens (tertiary/aromatic N) is 1. The molecule has 0 unspecified atom stereocenters. The molecule has 0 saturated heterocycles. The third-order valence-corrected chi connectivity index (χ3v) is 1.39. The Labute approximate surface area is 82.6 Å². The first-order valence-corrected chi connectivity index (χ1v) is 3.81. The Morgan fingerprint density at radius 1 is 1.40 bits per heavy atom. The normalized spacial score (nSPS) is 11.3. The molecule has 0 atom stereocenters. The number of halogens is 4. The van der Waals surface area contributed by atoms with Gasteiger partial charge in [-0.15, -0.1) is 0 Å². The number of alkyl halides is 3. The summed E-state index contributed by atoms with van der Waals surface area (Å²) in [7, 11) is 1.28. The summed E-state index contributed by atoms with van der Waals surface area (Å²) in [6.07, 6.45) is -3.46. The van der Waals surface area contributed by atoms with Crippen molar-refractivity contribution < 1.29 is 27.0 Å². The summed E-state index contributed by atoms with van der Waals surface area (Å²) in [6.45, 7) is -1.58. The highest BCUT2D eigenvalue weighted by atomic mass is 19.4. The van der Waals surface area contributed by atoms with Crippen LogP contribution >= 0.6 is 0 Å². The maximum Gasteiger partial charge on any atom is 0.422 e. The van der Waals surface area contributed by atoms with Crippen LogP contribution in [0.4, 0.5) is 17.6 Å². The van der Waals surface area contributed by atoms with Crippen molar-refractivity contribution in [3.63, 3.8) is 0 Å². The topological polar surface area (TPSA) is 31.4 Å². The van der Waals surface area contributed by atoms with Crippen molar-refractivity contribution in [2.75, 3.05) is 13.7 Å². The highest BCUT2D eigenvalue weighted by molar-refractivity contribution is 5.24. The largest absolute Gasteiger partial charge is 0.495 e. The molecule has 0 spiro atoms. The van der Waals surface area contributed by atoms with Crippen LogP contribution in [0.2, 0.25) is 0 Å². The Balaban J connectivity index is 2.70. The van der Waals surface area contributed by atoms with Gasteiger partial charge in [-0.05, 0) is 0 Å². The van der Waals surface area contributed by atoms with Crippen LogP contribution in [0.25, 0.3) is 0 Å². The van der Waals surface area contributed by atoms with Gasteiger partial charge in [-0.1, -0.05) is 0 Å². The molecule has 0 radical (unpaired) electrons. The van der Waals surface area contributed by atoms with Gasteiger partial charge in [0, 0.05) is 6.07 Å². The zero-order valence-electron chi connectivity index (χ0n) is 7.64. The maximum atomic E-state index is 13.0. The van der Waals surface area contributed by atoms with Crippen LogP contribution < -0.4 is 9.47 Å². The molecule has 0 saturated carbocycles. The summed E-state index contributed by atoms with van der Waals surface area (Å²) < 4.78 is 56.9. The van der Waals surface area contributed by atoms with Crippen molar-refractivity contribution in [1.82, 2.24) is 4.98 Å². The second-order valence-corrected chi connectivity index (χ2v) is 2.57. The van der Waals surface area contributed by atoms with Crippen molar-refractivity contribution in [2.45, 2.75) is 6.18 Å². The molecule has 15 heavy (non-hydrogen) atoms. The summed E-state index contributed by atoms with van der Waals surface area (Å²) >= 11 is 0. The summed E-state index contributed by atoms with van der Waals surface area (Å²) in [5.74, 6) is -1.60. The first kappa shape index (κ1) is 11.5. The molecule has 0 aliphatic rings. The zero-order chi connectivity index (χ0) is 11.5. The average molecular weight is 225 g/mol. The zero-order valence-corrected chi connectivity index (χ0v) is 7.64. The quantitative estimate of drug-likeness (QED) is 0.739. The highest BCUT2D eigenvalue weighted by Crippen LogP contribution is 2.21. The fraction of sp³-hybridized carbons (Fsp3) is 0.375. The molecule has 0 fully saturated rings. The minimum Gasteiger partial charge on any atom is -0.495 e. The maximum absolute atomic E-state index is 13.0. The molecule has 0 aliphatic carbocycles. The molecule has 1 aromatic heterocycles. The molecular weight excluding hydrogens is 218 g/mol. The number of hydrogen-bond acceptors (Lipinski definition) is 3. The van der Waals surface area contributed by atoms with Gasteiger partial charge in [0.2, 0.25) is 0 Å². The van der Waals surface area contributed by atoms with E-state index in [1.54, 1.807) is 0 Å². The highest BCUT2D eigenvalue weighted by Gasteiger charge is 2.29. The molecule has 1 heterocycles. The lowest BCUT2D eigenvalue weighted by molar-refractivity contribution is -0.154. The Morgan fingerprint density at radius 3 is 2.53 bits per heavy atom. The summed E-state index contributed by atoms with van der Waals surface area (Å²) in [6, 6.07) is 0.888. The van der Waals surface area contributed by atoms with Crippen LogP contribution in [-0.4, -0.2) is 24.9 Å². The minimum absolute atomic E-state index is 0.104. The summed E-state index contributed by atoms with van der Waals surface area (Å²) in [5, 5.41) is 0. The monoisotopic (exact) mass is 225 g/mol. The molecule has 1 rings (SSSR count). The van der Waals surface area contributed by atoms with Crippen LogP contribution in [0.3, 0.4) is 0 Å². The average Bonchev–Trinajstić information content (AvgIpc) is 2.14. The Kier molecular flexibility index (Phi) is 3.33. The van der Waals surface area contributed by atoms with E-state index in [4.69, 9.17) is 0 Å². The van der Waals surface area contributed by atoms with Crippen LogP contribution in [0.1, 0.15) is 0 Å². The second kappa shape index (κ2) is 4.33. The van der Waals surface area contributed by atoms with Crippen LogP contribution in [-0.2, 0) is 0 Å². The van der Waals surface area contributed by atoms with E-state index >= 15 is 0 Å². The number of hydrogen-bond donors (Lipinski definition) is 0. The van der Waals surface area contributed by atoms with E-state index in [1.165, 1.54) is 7.11 Å². The van der Waals surface area contributed by atoms with Gasteiger partial charge in [-0.3, -0.25) is 0 Å². The SMILES string of the molecule is COc1cnc(OCC(F)(F)F)c(F)c1. The summed E-state index contributed by atoms with van der Waals surface area (Å²) in [4.78, 5) is 3.33. The van der Waals surface area contributed by atoms with Crippen LogP contribution in [0.5, 0.6) is 11.6 Å². The van der Waals surface area contributed by atoms with Crippen LogP contribution in [0.15, 0.2) is 12.3 Å². The lowest BCUT2D eigenvalue weighted by Crippen LogP contribution is -2.20. The third-order valence-electron chi connectivity index (χ3n) is 1.39.